The molecule has 80 valence electrons. The molecule has 0 aromatic heterocycles. The van der Waals surface area contributed by atoms with Crippen LogP contribution in [0.25, 0.3) is 0 Å². The van der Waals surface area contributed by atoms with E-state index < -0.39 is 0 Å². The smallest absolute Gasteiger partial charge is 0.269 e. The highest BCUT2D eigenvalue weighted by molar-refractivity contribution is 6.06. The zero-order valence-corrected chi connectivity index (χ0v) is 8.64. The molecule has 1 saturated heterocycles. The molecule has 1 spiro atoms. The average molecular weight is 215 g/mol. The van der Waals surface area contributed by atoms with Crippen LogP contribution in [-0.2, 0) is 9.59 Å². The molecule has 0 aromatic carbocycles. The van der Waals surface area contributed by atoms with Gasteiger partial charge in [0.1, 0.15) is 0 Å². The Bertz CT molecular complexity index is 559. The molecule has 4 heteroatoms. The lowest BCUT2D eigenvalue weighted by Gasteiger charge is -2.36. The van der Waals surface area contributed by atoms with Gasteiger partial charge in [0.2, 0.25) is 0 Å². The molecule has 1 aliphatic heterocycles. The minimum absolute atomic E-state index is 0.0728. The summed E-state index contributed by atoms with van der Waals surface area (Å²) in [5.74, 6) is 4.76. The van der Waals surface area contributed by atoms with Crippen molar-refractivity contribution in [2.45, 2.75) is 6.42 Å². The predicted molar refractivity (Wildman–Crippen MR) is 50.8 cm³/mol. The van der Waals surface area contributed by atoms with Crippen molar-refractivity contribution < 1.29 is 15.4 Å². The molecule has 1 heterocycles. The summed E-state index contributed by atoms with van der Waals surface area (Å²) in [7, 11) is 0. The Hall–Kier alpha value is -1.38. The molecular formula is C12H11N2O2+. The highest BCUT2D eigenvalue weighted by Gasteiger charge is 2.87. The Labute approximate surface area is 91.7 Å². The van der Waals surface area contributed by atoms with Crippen LogP contribution in [0.3, 0.4) is 0 Å². The van der Waals surface area contributed by atoms with Gasteiger partial charge in [-0.1, -0.05) is 0 Å². The monoisotopic (exact) mass is 215 g/mol. The second-order valence-corrected chi connectivity index (χ2v) is 5.79. The molecule has 16 heavy (non-hydrogen) atoms. The molecule has 3 N–H and O–H groups in total. The van der Waals surface area contributed by atoms with Crippen LogP contribution in [-0.4, -0.2) is 16.8 Å². The lowest BCUT2D eigenvalue weighted by atomic mass is 9.63. The lowest BCUT2D eigenvalue weighted by Crippen LogP contribution is -2.70. The Balaban J connectivity index is 1.76. The molecular weight excluding hydrogens is 204 g/mol. The molecule has 3 saturated carbocycles. The van der Waals surface area contributed by atoms with Gasteiger partial charge in [0, 0.05) is 11.3 Å². The number of quaternary nitrogens is 1. The van der Waals surface area contributed by atoms with Crippen molar-refractivity contribution in [2.24, 2.45) is 35.0 Å². The van der Waals surface area contributed by atoms with E-state index in [1.165, 1.54) is 6.42 Å². The minimum atomic E-state index is -0.205. The van der Waals surface area contributed by atoms with Crippen LogP contribution in [0.1, 0.15) is 6.42 Å². The van der Waals surface area contributed by atoms with Crippen LogP contribution in [0.5, 0.6) is 0 Å². The Kier molecular flexibility index (Phi) is 0.885. The molecule has 6 atom stereocenters. The SMILES string of the molecule is [NH3+]N1C(=O)C2C3=C=CC(C2C1=O)C1C2CC321. The summed E-state index contributed by atoms with van der Waals surface area (Å²) in [6.45, 7) is 0. The number of hydrogen-bond donors (Lipinski definition) is 1. The maximum atomic E-state index is 12.0. The molecule has 4 nitrogen and oxygen atoms in total. The minimum Gasteiger partial charge on any atom is -0.269 e. The topological polar surface area (TPSA) is 65.0 Å². The van der Waals surface area contributed by atoms with Crippen LogP contribution in [0.15, 0.2) is 17.4 Å². The molecule has 0 radical (unpaired) electrons. The van der Waals surface area contributed by atoms with Crippen LogP contribution in [0, 0.1) is 35.0 Å². The van der Waals surface area contributed by atoms with Gasteiger partial charge in [-0.3, -0.25) is 9.59 Å². The quantitative estimate of drug-likeness (QED) is 0.420. The van der Waals surface area contributed by atoms with E-state index in [4.69, 9.17) is 0 Å². The molecule has 5 aliphatic carbocycles. The summed E-state index contributed by atoms with van der Waals surface area (Å²) in [5, 5.41) is 1.09. The third-order valence-corrected chi connectivity index (χ3v) is 5.49. The Morgan fingerprint density at radius 3 is 3.00 bits per heavy atom. The van der Waals surface area contributed by atoms with Gasteiger partial charge in [0.05, 0.1) is 11.8 Å². The number of rotatable bonds is 0. The van der Waals surface area contributed by atoms with Gasteiger partial charge in [-0.2, -0.15) is 0 Å². The molecule has 6 unspecified atom stereocenters. The van der Waals surface area contributed by atoms with Gasteiger partial charge < -0.3 is 0 Å². The van der Waals surface area contributed by atoms with E-state index in [0.717, 1.165) is 16.5 Å². The van der Waals surface area contributed by atoms with Crippen molar-refractivity contribution in [3.05, 3.63) is 17.4 Å². The van der Waals surface area contributed by atoms with E-state index in [1.807, 2.05) is 6.08 Å². The fourth-order valence-corrected chi connectivity index (χ4v) is 4.63. The van der Waals surface area contributed by atoms with E-state index in [2.05, 4.69) is 11.6 Å². The highest BCUT2D eigenvalue weighted by Crippen LogP contribution is 2.90. The molecule has 2 amide bonds. The van der Waals surface area contributed by atoms with Gasteiger partial charge in [0.15, 0.2) is 0 Å². The highest BCUT2D eigenvalue weighted by atomic mass is 16.2. The van der Waals surface area contributed by atoms with Gasteiger partial charge in [-0.05, 0) is 29.9 Å². The fourth-order valence-electron chi connectivity index (χ4n) is 4.63. The standard InChI is InChI=1S/C12H10N2O2/c13-14-10(15)7-4-1-2-5(8(7)11(14)16)12-3-6(12)9(4)12/h1,4,6-9H,3,13H2/p+1. The molecule has 2 bridgehead atoms. The van der Waals surface area contributed by atoms with Crippen LogP contribution in [0.4, 0.5) is 0 Å². The van der Waals surface area contributed by atoms with Crippen molar-refractivity contribution in [3.63, 3.8) is 0 Å². The third kappa shape index (κ3) is 0.496. The first-order valence-electron chi connectivity index (χ1n) is 5.83. The average Bonchev–Trinajstić information content (AvgIpc) is 3.11. The van der Waals surface area contributed by atoms with Crippen molar-refractivity contribution >= 4 is 11.8 Å². The number of carbonyl (C=O) groups is 2. The van der Waals surface area contributed by atoms with E-state index >= 15 is 0 Å². The summed E-state index contributed by atoms with van der Waals surface area (Å²) in [5.41, 5.74) is 4.76. The largest absolute Gasteiger partial charge is 0.284 e. The summed E-state index contributed by atoms with van der Waals surface area (Å²) >= 11 is 0. The predicted octanol–water partition coefficient (Wildman–Crippen LogP) is -0.895. The number of imide groups is 1. The van der Waals surface area contributed by atoms with Crippen molar-refractivity contribution in [2.75, 3.05) is 0 Å². The maximum absolute atomic E-state index is 12.0. The summed E-state index contributed by atoms with van der Waals surface area (Å²) in [6, 6.07) is 0. The Morgan fingerprint density at radius 1 is 1.44 bits per heavy atom. The molecule has 4 fully saturated rings. The first kappa shape index (κ1) is 7.82. The lowest BCUT2D eigenvalue weighted by molar-refractivity contribution is -0.526. The van der Waals surface area contributed by atoms with Crippen molar-refractivity contribution in [3.8, 4) is 0 Å². The number of nitrogens with zero attached hydrogens (tertiary/aromatic N) is 1. The summed E-state index contributed by atoms with van der Waals surface area (Å²) in [6.07, 6.45) is 3.27. The number of carbonyl (C=O) groups excluding carboxylic acids is 2. The number of amides is 2. The number of hydrogen-bond acceptors (Lipinski definition) is 2. The van der Waals surface area contributed by atoms with Gasteiger partial charge in [0.25, 0.3) is 11.8 Å². The Morgan fingerprint density at radius 2 is 2.25 bits per heavy atom. The zero-order valence-electron chi connectivity index (χ0n) is 8.64. The van der Waals surface area contributed by atoms with Gasteiger partial charge in [-0.15, -0.1) is 10.7 Å². The summed E-state index contributed by atoms with van der Waals surface area (Å²) < 4.78 is 0. The zero-order chi connectivity index (χ0) is 10.8. The first-order valence-corrected chi connectivity index (χ1v) is 5.83. The second kappa shape index (κ2) is 1.81. The summed E-state index contributed by atoms with van der Waals surface area (Å²) in [4.78, 5) is 24.0. The van der Waals surface area contributed by atoms with Crippen LogP contribution < -0.4 is 5.84 Å². The normalized spacial score (nSPS) is 58.2. The third-order valence-electron chi connectivity index (χ3n) is 5.49. The second-order valence-electron chi connectivity index (χ2n) is 5.79. The fraction of sp³-hybridized carbons (Fsp3) is 0.583. The molecule has 6 aliphatic rings. The van der Waals surface area contributed by atoms with Gasteiger partial charge >= 0.3 is 0 Å². The van der Waals surface area contributed by atoms with E-state index in [1.54, 1.807) is 0 Å². The van der Waals surface area contributed by atoms with Crippen molar-refractivity contribution in [1.82, 2.24) is 5.01 Å². The molecule has 6 rings (SSSR count). The first-order chi connectivity index (χ1) is 7.68. The van der Waals surface area contributed by atoms with E-state index in [9.17, 15) is 9.59 Å². The van der Waals surface area contributed by atoms with Crippen LogP contribution >= 0.6 is 0 Å². The maximum Gasteiger partial charge on any atom is 0.284 e. The van der Waals surface area contributed by atoms with Crippen LogP contribution in [0.2, 0.25) is 0 Å². The van der Waals surface area contributed by atoms with Gasteiger partial charge in [-0.25, -0.2) is 5.84 Å². The van der Waals surface area contributed by atoms with E-state index in [-0.39, 0.29) is 29.6 Å². The van der Waals surface area contributed by atoms with Crippen molar-refractivity contribution in [1.29, 1.82) is 0 Å². The van der Waals surface area contributed by atoms with E-state index in [0.29, 0.717) is 11.3 Å². The molecule has 0 aromatic rings.